The number of sulfonamides is 1. The Morgan fingerprint density at radius 3 is 2.70 bits per heavy atom. The molecule has 1 saturated carbocycles. The van der Waals surface area contributed by atoms with Crippen LogP contribution in [0.2, 0.25) is 5.02 Å². The molecule has 3 N–H and O–H groups in total. The highest BCUT2D eigenvalue weighted by molar-refractivity contribution is 7.89. The van der Waals surface area contributed by atoms with Gasteiger partial charge in [-0.2, -0.15) is 0 Å². The van der Waals surface area contributed by atoms with Gasteiger partial charge in [0.25, 0.3) is 0 Å². The van der Waals surface area contributed by atoms with Gasteiger partial charge in [-0.15, -0.1) is 0 Å². The molecule has 5 nitrogen and oxygen atoms in total. The van der Waals surface area contributed by atoms with E-state index >= 15 is 0 Å². The lowest BCUT2D eigenvalue weighted by atomic mass is 9.92. The highest BCUT2D eigenvalue weighted by atomic mass is 35.5. The normalized spacial score (nSPS) is 23.6. The maximum absolute atomic E-state index is 12.5. The predicted octanol–water partition coefficient (Wildman–Crippen LogP) is 1.90. The Morgan fingerprint density at radius 1 is 1.35 bits per heavy atom. The van der Waals surface area contributed by atoms with Crippen LogP contribution in [0.15, 0.2) is 23.1 Å². The SMILES string of the molecule is COc1ccc(Cl)cc1S(=O)(=O)N[C@@H]1CCCC[C@H]1N. The summed E-state index contributed by atoms with van der Waals surface area (Å²) in [5, 5.41) is 0.346. The lowest BCUT2D eigenvalue weighted by molar-refractivity contribution is 0.359. The van der Waals surface area contributed by atoms with Gasteiger partial charge in [-0.05, 0) is 31.0 Å². The van der Waals surface area contributed by atoms with E-state index in [0.29, 0.717) is 5.02 Å². The summed E-state index contributed by atoms with van der Waals surface area (Å²) >= 11 is 5.88. The van der Waals surface area contributed by atoms with Gasteiger partial charge in [-0.1, -0.05) is 24.4 Å². The van der Waals surface area contributed by atoms with Crippen molar-refractivity contribution in [1.29, 1.82) is 0 Å². The molecule has 112 valence electrons. The zero-order valence-corrected chi connectivity index (χ0v) is 12.9. The van der Waals surface area contributed by atoms with Crippen LogP contribution in [0.4, 0.5) is 0 Å². The van der Waals surface area contributed by atoms with E-state index in [-0.39, 0.29) is 22.7 Å². The van der Waals surface area contributed by atoms with Crippen LogP contribution in [0, 0.1) is 0 Å². The maximum atomic E-state index is 12.5. The van der Waals surface area contributed by atoms with Crippen molar-refractivity contribution in [2.24, 2.45) is 5.73 Å². The molecule has 0 aromatic heterocycles. The second kappa shape index (κ2) is 6.30. The third kappa shape index (κ3) is 3.44. The minimum absolute atomic E-state index is 0.0465. The molecule has 0 saturated heterocycles. The first-order chi connectivity index (χ1) is 9.44. The minimum atomic E-state index is -3.70. The number of halogens is 1. The molecule has 0 heterocycles. The summed E-state index contributed by atoms with van der Waals surface area (Å²) < 4.78 is 32.7. The number of hydrogen-bond acceptors (Lipinski definition) is 4. The molecule has 0 bridgehead atoms. The fourth-order valence-corrected chi connectivity index (χ4v) is 4.18. The van der Waals surface area contributed by atoms with Crippen molar-refractivity contribution in [3.05, 3.63) is 23.2 Å². The topological polar surface area (TPSA) is 81.4 Å². The van der Waals surface area contributed by atoms with Crippen LogP contribution in [0.3, 0.4) is 0 Å². The van der Waals surface area contributed by atoms with Crippen molar-refractivity contribution < 1.29 is 13.2 Å². The molecule has 20 heavy (non-hydrogen) atoms. The Labute approximate surface area is 124 Å². The van der Waals surface area contributed by atoms with Crippen molar-refractivity contribution in [3.8, 4) is 5.75 Å². The molecule has 0 amide bonds. The second-order valence-electron chi connectivity index (χ2n) is 4.97. The zero-order valence-electron chi connectivity index (χ0n) is 11.3. The Hall–Kier alpha value is -0.820. The van der Waals surface area contributed by atoms with Gasteiger partial charge in [-0.25, -0.2) is 13.1 Å². The summed E-state index contributed by atoms with van der Waals surface area (Å²) in [7, 11) is -2.27. The highest BCUT2D eigenvalue weighted by Crippen LogP contribution is 2.28. The van der Waals surface area contributed by atoms with Gasteiger partial charge >= 0.3 is 0 Å². The molecular formula is C13H19ClN2O3S. The van der Waals surface area contributed by atoms with Crippen molar-refractivity contribution in [3.63, 3.8) is 0 Å². The van der Waals surface area contributed by atoms with Gasteiger partial charge in [0.1, 0.15) is 10.6 Å². The first-order valence-electron chi connectivity index (χ1n) is 6.55. The molecule has 1 fully saturated rings. The van der Waals surface area contributed by atoms with E-state index in [1.54, 1.807) is 6.07 Å². The monoisotopic (exact) mass is 318 g/mol. The molecule has 0 spiro atoms. The van der Waals surface area contributed by atoms with E-state index in [1.165, 1.54) is 19.2 Å². The van der Waals surface area contributed by atoms with Gasteiger partial charge in [0.15, 0.2) is 0 Å². The van der Waals surface area contributed by atoms with E-state index in [1.807, 2.05) is 0 Å². The smallest absolute Gasteiger partial charge is 0.244 e. The molecule has 0 unspecified atom stereocenters. The zero-order chi connectivity index (χ0) is 14.8. The molecule has 2 atom stereocenters. The van der Waals surface area contributed by atoms with Crippen LogP contribution < -0.4 is 15.2 Å². The Bertz CT molecular complexity index is 577. The fourth-order valence-electron chi connectivity index (χ4n) is 2.43. The number of nitrogens with two attached hydrogens (primary N) is 1. The Morgan fingerprint density at radius 2 is 2.05 bits per heavy atom. The first-order valence-corrected chi connectivity index (χ1v) is 8.41. The van der Waals surface area contributed by atoms with Crippen LogP contribution in [-0.4, -0.2) is 27.6 Å². The van der Waals surface area contributed by atoms with Gasteiger partial charge < -0.3 is 10.5 Å². The molecule has 1 aromatic rings. The standard InChI is InChI=1S/C13H19ClN2O3S/c1-19-12-7-6-9(14)8-13(12)20(17,18)16-11-5-3-2-4-10(11)15/h6-8,10-11,16H,2-5,15H2,1H3/t10-,11-/m1/s1. The molecule has 0 radical (unpaired) electrons. The summed E-state index contributed by atoms with van der Waals surface area (Å²) in [5.74, 6) is 0.270. The summed E-state index contributed by atoms with van der Waals surface area (Å²) in [6.07, 6.45) is 3.61. The average Bonchev–Trinajstić information content (AvgIpc) is 2.41. The molecule has 1 aliphatic rings. The number of nitrogens with one attached hydrogen (secondary N) is 1. The van der Waals surface area contributed by atoms with Gasteiger partial charge in [0.2, 0.25) is 10.0 Å². The maximum Gasteiger partial charge on any atom is 0.244 e. The third-order valence-electron chi connectivity index (χ3n) is 3.54. The Balaban J connectivity index is 2.28. The summed E-state index contributed by atoms with van der Waals surface area (Å²) in [4.78, 5) is 0.0465. The van der Waals surface area contributed by atoms with Crippen LogP contribution >= 0.6 is 11.6 Å². The van der Waals surface area contributed by atoms with Crippen LogP contribution in [0.1, 0.15) is 25.7 Å². The second-order valence-corrected chi connectivity index (χ2v) is 7.09. The van der Waals surface area contributed by atoms with Crippen LogP contribution in [0.25, 0.3) is 0 Å². The highest BCUT2D eigenvalue weighted by Gasteiger charge is 2.29. The predicted molar refractivity (Wildman–Crippen MR) is 78.6 cm³/mol. The molecular weight excluding hydrogens is 300 g/mol. The van der Waals surface area contributed by atoms with Crippen molar-refractivity contribution in [2.45, 2.75) is 42.7 Å². The number of benzene rings is 1. The van der Waals surface area contributed by atoms with E-state index in [0.717, 1.165) is 25.7 Å². The lowest BCUT2D eigenvalue weighted by Gasteiger charge is -2.29. The summed E-state index contributed by atoms with van der Waals surface area (Å²) in [5.41, 5.74) is 5.98. The molecule has 1 aromatic carbocycles. The molecule has 0 aliphatic heterocycles. The lowest BCUT2D eigenvalue weighted by Crippen LogP contribution is -2.49. The van der Waals surface area contributed by atoms with E-state index < -0.39 is 10.0 Å². The molecule has 7 heteroatoms. The third-order valence-corrected chi connectivity index (χ3v) is 5.29. The number of hydrogen-bond donors (Lipinski definition) is 2. The van der Waals surface area contributed by atoms with Crippen molar-refractivity contribution >= 4 is 21.6 Å². The number of rotatable bonds is 4. The average molecular weight is 319 g/mol. The largest absolute Gasteiger partial charge is 0.495 e. The fraction of sp³-hybridized carbons (Fsp3) is 0.538. The first kappa shape index (κ1) is 15.6. The quantitative estimate of drug-likeness (QED) is 0.888. The van der Waals surface area contributed by atoms with Crippen LogP contribution in [0.5, 0.6) is 5.75 Å². The minimum Gasteiger partial charge on any atom is -0.495 e. The number of ether oxygens (including phenoxy) is 1. The van der Waals surface area contributed by atoms with Gasteiger partial charge in [-0.3, -0.25) is 0 Å². The Kier molecular flexibility index (Phi) is 4.90. The van der Waals surface area contributed by atoms with E-state index in [4.69, 9.17) is 22.1 Å². The summed E-state index contributed by atoms with van der Waals surface area (Å²) in [6.45, 7) is 0. The van der Waals surface area contributed by atoms with Crippen molar-refractivity contribution in [1.82, 2.24) is 4.72 Å². The molecule has 2 rings (SSSR count). The number of methoxy groups -OCH3 is 1. The van der Waals surface area contributed by atoms with Crippen LogP contribution in [-0.2, 0) is 10.0 Å². The van der Waals surface area contributed by atoms with E-state index in [9.17, 15) is 8.42 Å². The molecule has 1 aliphatic carbocycles. The van der Waals surface area contributed by atoms with Gasteiger partial charge in [0, 0.05) is 17.1 Å². The van der Waals surface area contributed by atoms with E-state index in [2.05, 4.69) is 4.72 Å². The van der Waals surface area contributed by atoms with Gasteiger partial charge in [0.05, 0.1) is 7.11 Å². The van der Waals surface area contributed by atoms with Crippen molar-refractivity contribution in [2.75, 3.05) is 7.11 Å². The summed E-state index contributed by atoms with van der Waals surface area (Å²) in [6, 6.07) is 4.13.